The Morgan fingerprint density at radius 1 is 0.893 bits per heavy atom. The van der Waals surface area contributed by atoms with E-state index in [0.29, 0.717) is 12.5 Å². The van der Waals surface area contributed by atoms with E-state index in [2.05, 4.69) is 28.4 Å². The molecule has 5 rings (SSSR count). The lowest BCUT2D eigenvalue weighted by molar-refractivity contribution is 0.174. The number of hydrogen-bond acceptors (Lipinski definition) is 6. The first-order valence-corrected chi connectivity index (χ1v) is 9.67. The van der Waals surface area contributed by atoms with Crippen LogP contribution in [-0.4, -0.2) is 29.9 Å². The molecule has 28 heavy (non-hydrogen) atoms. The minimum Gasteiger partial charge on any atom is -0.454 e. The van der Waals surface area contributed by atoms with Crippen molar-refractivity contribution in [2.24, 2.45) is 0 Å². The van der Waals surface area contributed by atoms with Crippen LogP contribution in [0.25, 0.3) is 11.3 Å². The predicted octanol–water partition coefficient (Wildman–Crippen LogP) is 4.08. The van der Waals surface area contributed by atoms with Gasteiger partial charge >= 0.3 is 0 Å². The van der Waals surface area contributed by atoms with Gasteiger partial charge in [0.2, 0.25) is 12.7 Å². The van der Waals surface area contributed by atoms with Gasteiger partial charge in [-0.15, -0.1) is 0 Å². The summed E-state index contributed by atoms with van der Waals surface area (Å²) in [7, 11) is 0. The molecule has 0 aliphatic carbocycles. The molecule has 3 aromatic rings. The first-order valence-electron chi connectivity index (χ1n) is 9.67. The van der Waals surface area contributed by atoms with Crippen molar-refractivity contribution in [1.82, 2.24) is 9.97 Å². The fourth-order valence-electron chi connectivity index (χ4n) is 3.61. The first kappa shape index (κ1) is 16.9. The highest BCUT2D eigenvalue weighted by molar-refractivity contribution is 5.65. The molecule has 0 bridgehead atoms. The van der Waals surface area contributed by atoms with E-state index in [1.165, 1.54) is 12.8 Å². The smallest absolute Gasteiger partial charge is 0.231 e. The van der Waals surface area contributed by atoms with Crippen molar-refractivity contribution in [1.29, 1.82) is 0 Å². The van der Waals surface area contributed by atoms with Crippen molar-refractivity contribution in [3.63, 3.8) is 0 Å². The first-order chi connectivity index (χ1) is 13.8. The molecule has 3 heterocycles. The quantitative estimate of drug-likeness (QED) is 0.726. The van der Waals surface area contributed by atoms with Crippen LogP contribution >= 0.6 is 0 Å². The SMILES string of the molecule is c1ccc(-c2cc(N3CCCC3)nc(NCc3ccc4c(c3)OCO4)n2)cc1. The van der Waals surface area contributed by atoms with Crippen molar-refractivity contribution in [2.75, 3.05) is 30.1 Å². The predicted molar refractivity (Wildman–Crippen MR) is 109 cm³/mol. The summed E-state index contributed by atoms with van der Waals surface area (Å²) >= 11 is 0. The number of benzene rings is 2. The summed E-state index contributed by atoms with van der Waals surface area (Å²) in [6, 6.07) is 18.3. The molecule has 0 amide bonds. The van der Waals surface area contributed by atoms with Crippen molar-refractivity contribution >= 4 is 11.8 Å². The Labute approximate surface area is 164 Å². The van der Waals surface area contributed by atoms with Crippen LogP contribution in [0.15, 0.2) is 54.6 Å². The Morgan fingerprint density at radius 2 is 1.71 bits per heavy atom. The largest absolute Gasteiger partial charge is 0.454 e. The third kappa shape index (κ3) is 3.45. The molecule has 2 aromatic carbocycles. The molecular weight excluding hydrogens is 352 g/mol. The van der Waals surface area contributed by atoms with Crippen molar-refractivity contribution in [2.45, 2.75) is 19.4 Å². The Hall–Kier alpha value is -3.28. The van der Waals surface area contributed by atoms with E-state index < -0.39 is 0 Å². The number of nitrogens with one attached hydrogen (secondary N) is 1. The molecule has 0 atom stereocenters. The summed E-state index contributed by atoms with van der Waals surface area (Å²) in [5.74, 6) is 3.21. The molecule has 2 aliphatic rings. The molecule has 0 radical (unpaired) electrons. The summed E-state index contributed by atoms with van der Waals surface area (Å²) in [6.07, 6.45) is 2.43. The van der Waals surface area contributed by atoms with Gasteiger partial charge < -0.3 is 19.7 Å². The molecule has 6 nitrogen and oxygen atoms in total. The number of nitrogens with zero attached hydrogens (tertiary/aromatic N) is 3. The van der Waals surface area contributed by atoms with E-state index in [1.54, 1.807) is 0 Å². The Kier molecular flexibility index (Phi) is 4.45. The van der Waals surface area contributed by atoms with Gasteiger partial charge in [0.1, 0.15) is 5.82 Å². The summed E-state index contributed by atoms with van der Waals surface area (Å²) < 4.78 is 10.8. The van der Waals surface area contributed by atoms with Gasteiger partial charge in [0.15, 0.2) is 11.5 Å². The third-order valence-electron chi connectivity index (χ3n) is 5.10. The van der Waals surface area contributed by atoms with Crippen LogP contribution in [-0.2, 0) is 6.54 Å². The lowest BCUT2D eigenvalue weighted by Gasteiger charge is -2.18. The van der Waals surface area contributed by atoms with Crippen LogP contribution in [0, 0.1) is 0 Å². The molecule has 0 spiro atoms. The van der Waals surface area contributed by atoms with Gasteiger partial charge in [-0.1, -0.05) is 36.4 Å². The topological polar surface area (TPSA) is 59.5 Å². The number of rotatable bonds is 5. The molecule has 2 aliphatic heterocycles. The summed E-state index contributed by atoms with van der Waals surface area (Å²) in [4.78, 5) is 11.9. The van der Waals surface area contributed by atoms with Gasteiger partial charge in [-0.3, -0.25) is 0 Å². The van der Waals surface area contributed by atoms with E-state index >= 15 is 0 Å². The molecule has 1 saturated heterocycles. The maximum absolute atomic E-state index is 5.47. The monoisotopic (exact) mass is 374 g/mol. The maximum atomic E-state index is 5.47. The zero-order valence-electron chi connectivity index (χ0n) is 15.6. The lowest BCUT2D eigenvalue weighted by Crippen LogP contribution is -2.20. The normalized spacial score (nSPS) is 15.1. The minimum atomic E-state index is 0.285. The summed E-state index contributed by atoms with van der Waals surface area (Å²) in [6.45, 7) is 3.00. The van der Waals surface area contributed by atoms with Crippen LogP contribution in [0.1, 0.15) is 18.4 Å². The molecule has 142 valence electrons. The zero-order chi connectivity index (χ0) is 18.8. The fourth-order valence-corrected chi connectivity index (χ4v) is 3.61. The average Bonchev–Trinajstić information content (AvgIpc) is 3.44. The Morgan fingerprint density at radius 3 is 2.57 bits per heavy atom. The maximum Gasteiger partial charge on any atom is 0.231 e. The fraction of sp³-hybridized carbons (Fsp3) is 0.273. The number of anilines is 2. The van der Waals surface area contributed by atoms with E-state index in [9.17, 15) is 0 Å². The number of ether oxygens (including phenoxy) is 2. The highest BCUT2D eigenvalue weighted by Crippen LogP contribution is 2.32. The van der Waals surface area contributed by atoms with Crippen LogP contribution < -0.4 is 19.7 Å². The lowest BCUT2D eigenvalue weighted by atomic mass is 10.1. The molecule has 1 N–H and O–H groups in total. The summed E-state index contributed by atoms with van der Waals surface area (Å²) in [5, 5.41) is 3.38. The van der Waals surface area contributed by atoms with Gasteiger partial charge in [-0.25, -0.2) is 4.98 Å². The van der Waals surface area contributed by atoms with Crippen LogP contribution in [0.3, 0.4) is 0 Å². The van der Waals surface area contributed by atoms with Crippen LogP contribution in [0.2, 0.25) is 0 Å². The van der Waals surface area contributed by atoms with E-state index in [1.807, 2.05) is 36.4 Å². The second kappa shape index (κ2) is 7.38. The minimum absolute atomic E-state index is 0.285. The van der Waals surface area contributed by atoms with Gasteiger partial charge in [0, 0.05) is 31.3 Å². The second-order valence-corrected chi connectivity index (χ2v) is 7.04. The molecule has 1 aromatic heterocycles. The standard InChI is InChI=1S/C22H22N4O2/c1-2-6-17(7-3-1)18-13-21(26-10-4-5-11-26)25-22(24-18)23-14-16-8-9-19-20(12-16)28-15-27-19/h1-3,6-9,12-13H,4-5,10-11,14-15H2,(H,23,24,25). The highest BCUT2D eigenvalue weighted by atomic mass is 16.7. The number of fused-ring (bicyclic) bond motifs is 1. The number of aromatic nitrogens is 2. The van der Waals surface area contributed by atoms with Crippen LogP contribution in [0.4, 0.5) is 11.8 Å². The van der Waals surface area contributed by atoms with Crippen LogP contribution in [0.5, 0.6) is 11.5 Å². The molecule has 0 unspecified atom stereocenters. The molecule has 1 fully saturated rings. The number of hydrogen-bond donors (Lipinski definition) is 1. The van der Waals surface area contributed by atoms with Crippen molar-refractivity contribution in [3.05, 3.63) is 60.2 Å². The van der Waals surface area contributed by atoms with Gasteiger partial charge in [0.25, 0.3) is 0 Å². The molecule has 0 saturated carbocycles. The van der Waals surface area contributed by atoms with E-state index in [-0.39, 0.29) is 6.79 Å². The molecule has 6 heteroatoms. The molecular formula is C22H22N4O2. The third-order valence-corrected chi connectivity index (χ3v) is 5.10. The van der Waals surface area contributed by atoms with Gasteiger partial charge in [0.05, 0.1) is 5.69 Å². The van der Waals surface area contributed by atoms with E-state index in [0.717, 1.165) is 47.2 Å². The van der Waals surface area contributed by atoms with E-state index in [4.69, 9.17) is 19.4 Å². The van der Waals surface area contributed by atoms with Gasteiger partial charge in [-0.05, 0) is 30.5 Å². The Bertz CT molecular complexity index is 972. The van der Waals surface area contributed by atoms with Gasteiger partial charge in [-0.2, -0.15) is 4.98 Å². The average molecular weight is 374 g/mol. The summed E-state index contributed by atoms with van der Waals surface area (Å²) in [5.41, 5.74) is 3.13. The van der Waals surface area contributed by atoms with Crippen molar-refractivity contribution in [3.8, 4) is 22.8 Å². The highest BCUT2D eigenvalue weighted by Gasteiger charge is 2.17. The Balaban J connectivity index is 1.42. The van der Waals surface area contributed by atoms with Crippen molar-refractivity contribution < 1.29 is 9.47 Å². The second-order valence-electron chi connectivity index (χ2n) is 7.04. The zero-order valence-corrected chi connectivity index (χ0v) is 15.6.